The lowest BCUT2D eigenvalue weighted by molar-refractivity contribution is -0.122. The monoisotopic (exact) mass is 373 g/mol. The fourth-order valence-corrected chi connectivity index (χ4v) is 3.90. The van der Waals surface area contributed by atoms with Crippen molar-refractivity contribution in [2.75, 3.05) is 24.6 Å². The number of nitrogens with two attached hydrogens (primary N) is 1. The molecule has 1 fully saturated rings. The van der Waals surface area contributed by atoms with Gasteiger partial charge >= 0.3 is 5.97 Å². The molecule has 0 radical (unpaired) electrons. The first kappa shape index (κ1) is 18.4. The van der Waals surface area contributed by atoms with Crippen molar-refractivity contribution in [3.05, 3.63) is 45.9 Å². The summed E-state index contributed by atoms with van der Waals surface area (Å²) in [4.78, 5) is 31.1. The standard InChI is InChI=1S/C19H23N3O3S/c1-13-17(26-12-21-13)8-10-25-19(24)14-4-6-16(7-5-14)22-9-2-3-15(11-22)18(20)23/h4-7,12,15H,2-3,8-11H2,1H3,(H2,20,23)/t15-/m1/s1. The van der Waals surface area contributed by atoms with E-state index < -0.39 is 0 Å². The van der Waals surface area contributed by atoms with Gasteiger partial charge in [0.25, 0.3) is 0 Å². The third-order valence-corrected chi connectivity index (χ3v) is 5.69. The minimum Gasteiger partial charge on any atom is -0.462 e. The number of aromatic nitrogens is 1. The number of carbonyl (C=O) groups excluding carboxylic acids is 2. The van der Waals surface area contributed by atoms with Crippen LogP contribution in [0, 0.1) is 12.8 Å². The number of hydrogen-bond donors (Lipinski definition) is 1. The van der Waals surface area contributed by atoms with E-state index in [2.05, 4.69) is 9.88 Å². The Labute approximate surface area is 157 Å². The lowest BCUT2D eigenvalue weighted by atomic mass is 9.97. The molecule has 6 nitrogen and oxygen atoms in total. The minimum absolute atomic E-state index is 0.108. The summed E-state index contributed by atoms with van der Waals surface area (Å²) in [7, 11) is 0. The molecule has 26 heavy (non-hydrogen) atoms. The van der Waals surface area contributed by atoms with Gasteiger partial charge in [0.05, 0.1) is 29.3 Å². The quantitative estimate of drug-likeness (QED) is 0.787. The number of benzene rings is 1. The van der Waals surface area contributed by atoms with E-state index in [4.69, 9.17) is 10.5 Å². The van der Waals surface area contributed by atoms with Gasteiger partial charge in [0.1, 0.15) is 0 Å². The Morgan fingerprint density at radius 1 is 1.35 bits per heavy atom. The van der Waals surface area contributed by atoms with Gasteiger partial charge in [0, 0.05) is 30.1 Å². The molecule has 1 aromatic heterocycles. The maximum Gasteiger partial charge on any atom is 0.338 e. The lowest BCUT2D eigenvalue weighted by Gasteiger charge is -2.33. The van der Waals surface area contributed by atoms with Crippen LogP contribution in [-0.4, -0.2) is 36.6 Å². The third kappa shape index (κ3) is 4.40. The first-order valence-corrected chi connectivity index (χ1v) is 9.63. The zero-order chi connectivity index (χ0) is 18.5. The predicted molar refractivity (Wildman–Crippen MR) is 101 cm³/mol. The normalized spacial score (nSPS) is 17.1. The molecule has 1 aliphatic heterocycles. The Bertz CT molecular complexity index is 773. The summed E-state index contributed by atoms with van der Waals surface area (Å²) in [6, 6.07) is 7.33. The van der Waals surface area contributed by atoms with Crippen LogP contribution >= 0.6 is 11.3 Å². The molecule has 3 rings (SSSR count). The molecule has 0 saturated carbocycles. The fourth-order valence-electron chi connectivity index (χ4n) is 3.14. The lowest BCUT2D eigenvalue weighted by Crippen LogP contribution is -2.41. The number of aryl methyl sites for hydroxylation is 1. The molecule has 138 valence electrons. The van der Waals surface area contributed by atoms with Crippen molar-refractivity contribution >= 4 is 28.9 Å². The molecule has 2 N–H and O–H groups in total. The molecule has 1 atom stereocenters. The van der Waals surface area contributed by atoms with Crippen LogP contribution in [0.1, 0.15) is 33.8 Å². The van der Waals surface area contributed by atoms with Crippen LogP contribution < -0.4 is 10.6 Å². The van der Waals surface area contributed by atoms with Crippen molar-refractivity contribution in [2.24, 2.45) is 11.7 Å². The van der Waals surface area contributed by atoms with Crippen molar-refractivity contribution in [3.8, 4) is 0 Å². The Kier molecular flexibility index (Phi) is 5.88. The van der Waals surface area contributed by atoms with Crippen LogP contribution in [0.25, 0.3) is 0 Å². The molecule has 1 amide bonds. The zero-order valence-electron chi connectivity index (χ0n) is 14.8. The van der Waals surface area contributed by atoms with Crippen LogP contribution in [0.4, 0.5) is 5.69 Å². The van der Waals surface area contributed by atoms with Gasteiger partial charge in [-0.2, -0.15) is 0 Å². The van der Waals surface area contributed by atoms with Gasteiger partial charge in [-0.1, -0.05) is 0 Å². The predicted octanol–water partition coefficient (Wildman–Crippen LogP) is 2.55. The number of primary amides is 1. The molecule has 2 aromatic rings. The highest BCUT2D eigenvalue weighted by Gasteiger charge is 2.24. The van der Waals surface area contributed by atoms with E-state index in [1.54, 1.807) is 29.0 Å². The van der Waals surface area contributed by atoms with Gasteiger partial charge in [-0.15, -0.1) is 11.3 Å². The molecule has 2 heterocycles. The highest BCUT2D eigenvalue weighted by atomic mass is 32.1. The second-order valence-corrected chi connectivity index (χ2v) is 7.42. The Morgan fingerprint density at radius 2 is 2.12 bits per heavy atom. The number of nitrogens with zero attached hydrogens (tertiary/aromatic N) is 2. The number of rotatable bonds is 6. The Balaban J connectivity index is 1.54. The van der Waals surface area contributed by atoms with Crippen LogP contribution in [0.2, 0.25) is 0 Å². The van der Waals surface area contributed by atoms with E-state index in [9.17, 15) is 9.59 Å². The van der Waals surface area contributed by atoms with Crippen LogP contribution in [0.15, 0.2) is 29.8 Å². The Hall–Kier alpha value is -2.41. The van der Waals surface area contributed by atoms with Crippen molar-refractivity contribution in [3.63, 3.8) is 0 Å². The van der Waals surface area contributed by atoms with Gasteiger partial charge in [-0.3, -0.25) is 4.79 Å². The first-order chi connectivity index (χ1) is 12.5. The smallest absolute Gasteiger partial charge is 0.338 e. The van der Waals surface area contributed by atoms with E-state index in [0.717, 1.165) is 35.6 Å². The van der Waals surface area contributed by atoms with E-state index in [0.29, 0.717) is 25.1 Å². The molecule has 0 spiro atoms. The van der Waals surface area contributed by atoms with E-state index in [-0.39, 0.29) is 17.8 Å². The maximum absolute atomic E-state index is 12.2. The van der Waals surface area contributed by atoms with Crippen LogP contribution in [0.5, 0.6) is 0 Å². The maximum atomic E-state index is 12.2. The van der Waals surface area contributed by atoms with Gasteiger partial charge in [0.2, 0.25) is 5.91 Å². The van der Waals surface area contributed by atoms with Crippen molar-refractivity contribution in [1.82, 2.24) is 4.98 Å². The topological polar surface area (TPSA) is 85.5 Å². The van der Waals surface area contributed by atoms with Crippen LogP contribution in [-0.2, 0) is 16.0 Å². The highest BCUT2D eigenvalue weighted by molar-refractivity contribution is 7.09. The van der Waals surface area contributed by atoms with Crippen molar-refractivity contribution in [2.45, 2.75) is 26.2 Å². The van der Waals surface area contributed by atoms with E-state index in [1.165, 1.54) is 0 Å². The van der Waals surface area contributed by atoms with Crippen molar-refractivity contribution in [1.29, 1.82) is 0 Å². The van der Waals surface area contributed by atoms with Gasteiger partial charge in [0.15, 0.2) is 0 Å². The number of anilines is 1. The summed E-state index contributed by atoms with van der Waals surface area (Å²) in [6.07, 6.45) is 2.46. The summed E-state index contributed by atoms with van der Waals surface area (Å²) in [5.74, 6) is -0.679. The van der Waals surface area contributed by atoms with Gasteiger partial charge in [-0.05, 0) is 44.0 Å². The van der Waals surface area contributed by atoms with Gasteiger partial charge < -0.3 is 15.4 Å². The molecule has 0 unspecified atom stereocenters. The number of ether oxygens (including phenoxy) is 1. The highest BCUT2D eigenvalue weighted by Crippen LogP contribution is 2.23. The average Bonchev–Trinajstić information content (AvgIpc) is 3.07. The van der Waals surface area contributed by atoms with Crippen LogP contribution in [0.3, 0.4) is 0 Å². The fraction of sp³-hybridized carbons (Fsp3) is 0.421. The van der Waals surface area contributed by atoms with E-state index in [1.807, 2.05) is 19.1 Å². The molecule has 1 saturated heterocycles. The molecule has 0 bridgehead atoms. The third-order valence-electron chi connectivity index (χ3n) is 4.70. The summed E-state index contributed by atoms with van der Waals surface area (Å²) in [5, 5.41) is 0. The summed E-state index contributed by atoms with van der Waals surface area (Å²) < 4.78 is 5.36. The number of amides is 1. The number of hydrogen-bond acceptors (Lipinski definition) is 6. The molecular weight excluding hydrogens is 350 g/mol. The number of esters is 1. The average molecular weight is 373 g/mol. The molecule has 1 aliphatic rings. The number of carbonyl (C=O) groups is 2. The zero-order valence-corrected chi connectivity index (χ0v) is 15.6. The first-order valence-electron chi connectivity index (χ1n) is 8.75. The number of piperidine rings is 1. The van der Waals surface area contributed by atoms with Crippen molar-refractivity contribution < 1.29 is 14.3 Å². The largest absolute Gasteiger partial charge is 0.462 e. The molecule has 7 heteroatoms. The minimum atomic E-state index is -0.327. The molecular formula is C19H23N3O3S. The second-order valence-electron chi connectivity index (χ2n) is 6.48. The number of thiazole rings is 1. The second kappa shape index (κ2) is 8.31. The summed E-state index contributed by atoms with van der Waals surface area (Å²) >= 11 is 1.58. The SMILES string of the molecule is Cc1ncsc1CCOC(=O)c1ccc(N2CCC[C@@H](C(N)=O)C2)cc1. The summed E-state index contributed by atoms with van der Waals surface area (Å²) in [5.41, 5.74) is 9.74. The Morgan fingerprint density at radius 3 is 2.77 bits per heavy atom. The molecule has 1 aromatic carbocycles. The molecule has 0 aliphatic carbocycles. The van der Waals surface area contributed by atoms with Gasteiger partial charge in [-0.25, -0.2) is 9.78 Å². The van der Waals surface area contributed by atoms with E-state index >= 15 is 0 Å². The summed E-state index contributed by atoms with van der Waals surface area (Å²) in [6.45, 7) is 3.82.